The summed E-state index contributed by atoms with van der Waals surface area (Å²) in [7, 11) is 0. The molecule has 0 saturated heterocycles. The van der Waals surface area contributed by atoms with Gasteiger partial charge in [-0.15, -0.1) is 0 Å². The highest BCUT2D eigenvalue weighted by Gasteiger charge is 2.06. The monoisotopic (exact) mass is 246 g/mol. The van der Waals surface area contributed by atoms with E-state index in [1.54, 1.807) is 0 Å². The van der Waals surface area contributed by atoms with Crippen molar-refractivity contribution in [2.24, 2.45) is 0 Å². The number of hydrogen-bond acceptors (Lipinski definition) is 4. The Hall–Kier alpha value is -2.30. The predicted octanol–water partition coefficient (Wildman–Crippen LogP) is 2.74. The minimum absolute atomic E-state index is 0.0520. The third-order valence-electron chi connectivity index (χ3n) is 2.42. The first-order valence-corrected chi connectivity index (χ1v) is 5.63. The van der Waals surface area contributed by atoms with Gasteiger partial charge in [0.25, 0.3) is 6.01 Å². The number of anilines is 2. The summed E-state index contributed by atoms with van der Waals surface area (Å²) < 4.78 is 5.23. The summed E-state index contributed by atoms with van der Waals surface area (Å²) in [5, 5.41) is 11.6. The number of aryl methyl sites for hydroxylation is 2. The van der Waals surface area contributed by atoms with E-state index in [-0.39, 0.29) is 6.42 Å². The average molecular weight is 246 g/mol. The number of hydrogen-bond donors (Lipinski definition) is 2. The van der Waals surface area contributed by atoms with E-state index in [4.69, 9.17) is 9.52 Å². The van der Waals surface area contributed by atoms with Crippen LogP contribution in [-0.4, -0.2) is 16.1 Å². The van der Waals surface area contributed by atoms with Crippen molar-refractivity contribution >= 4 is 17.7 Å². The number of rotatable bonds is 5. The molecule has 0 radical (unpaired) electrons. The molecule has 1 aromatic carbocycles. The molecule has 2 N–H and O–H groups in total. The van der Waals surface area contributed by atoms with Crippen LogP contribution in [0.15, 0.2) is 34.9 Å². The third kappa shape index (κ3) is 3.35. The standard InChI is InChI=1S/C13H14N2O3/c1-9-3-2-4-10(7-9)14-13-15-11(8-18-13)5-6-12(16)17/h2-4,7-8H,5-6H2,1H3,(H,14,15)(H,16,17). The van der Waals surface area contributed by atoms with Crippen molar-refractivity contribution in [2.45, 2.75) is 19.8 Å². The number of aromatic nitrogens is 1. The molecule has 18 heavy (non-hydrogen) atoms. The number of oxazole rings is 1. The van der Waals surface area contributed by atoms with E-state index in [1.807, 2.05) is 31.2 Å². The van der Waals surface area contributed by atoms with Crippen LogP contribution in [0.25, 0.3) is 0 Å². The number of nitrogens with zero attached hydrogens (tertiary/aromatic N) is 1. The van der Waals surface area contributed by atoms with E-state index < -0.39 is 5.97 Å². The molecule has 0 saturated carbocycles. The van der Waals surface area contributed by atoms with Crippen molar-refractivity contribution in [3.63, 3.8) is 0 Å². The second-order valence-electron chi connectivity index (χ2n) is 4.03. The molecule has 5 nitrogen and oxygen atoms in total. The van der Waals surface area contributed by atoms with Crippen LogP contribution in [0.5, 0.6) is 0 Å². The average Bonchev–Trinajstić information content (AvgIpc) is 2.74. The van der Waals surface area contributed by atoms with Crippen LogP contribution in [0.1, 0.15) is 17.7 Å². The maximum atomic E-state index is 10.4. The molecule has 2 aromatic rings. The fourth-order valence-electron chi connectivity index (χ4n) is 1.56. The highest BCUT2D eigenvalue weighted by Crippen LogP contribution is 2.17. The van der Waals surface area contributed by atoms with E-state index in [2.05, 4.69) is 10.3 Å². The van der Waals surface area contributed by atoms with Gasteiger partial charge in [-0.1, -0.05) is 12.1 Å². The summed E-state index contributed by atoms with van der Waals surface area (Å²) in [6.07, 6.45) is 1.89. The van der Waals surface area contributed by atoms with Crippen LogP contribution >= 0.6 is 0 Å². The van der Waals surface area contributed by atoms with Crippen molar-refractivity contribution in [1.82, 2.24) is 4.98 Å². The van der Waals surface area contributed by atoms with Gasteiger partial charge in [0.05, 0.1) is 12.1 Å². The van der Waals surface area contributed by atoms with Crippen molar-refractivity contribution in [3.8, 4) is 0 Å². The fourth-order valence-corrected chi connectivity index (χ4v) is 1.56. The van der Waals surface area contributed by atoms with Gasteiger partial charge in [0.2, 0.25) is 0 Å². The van der Waals surface area contributed by atoms with E-state index >= 15 is 0 Å². The molecule has 0 atom stereocenters. The maximum Gasteiger partial charge on any atom is 0.303 e. The van der Waals surface area contributed by atoms with Crippen LogP contribution in [0, 0.1) is 6.92 Å². The van der Waals surface area contributed by atoms with Crippen LogP contribution in [-0.2, 0) is 11.2 Å². The van der Waals surface area contributed by atoms with E-state index in [1.165, 1.54) is 6.26 Å². The number of aliphatic carboxylic acids is 1. The van der Waals surface area contributed by atoms with Crippen LogP contribution in [0.4, 0.5) is 11.7 Å². The molecule has 0 bridgehead atoms. The van der Waals surface area contributed by atoms with Gasteiger partial charge in [-0.05, 0) is 24.6 Å². The molecule has 0 spiro atoms. The lowest BCUT2D eigenvalue weighted by Gasteiger charge is -2.01. The summed E-state index contributed by atoms with van der Waals surface area (Å²) in [6.45, 7) is 2.00. The zero-order valence-corrected chi connectivity index (χ0v) is 10.0. The van der Waals surface area contributed by atoms with E-state index in [9.17, 15) is 4.79 Å². The largest absolute Gasteiger partial charge is 0.481 e. The molecule has 0 unspecified atom stereocenters. The zero-order chi connectivity index (χ0) is 13.0. The smallest absolute Gasteiger partial charge is 0.303 e. The van der Waals surface area contributed by atoms with Gasteiger partial charge in [0.1, 0.15) is 6.26 Å². The van der Waals surface area contributed by atoms with Gasteiger partial charge < -0.3 is 14.8 Å². The Balaban J connectivity index is 2.00. The van der Waals surface area contributed by atoms with Crippen LogP contribution in [0.3, 0.4) is 0 Å². The van der Waals surface area contributed by atoms with Gasteiger partial charge in [-0.2, -0.15) is 4.98 Å². The van der Waals surface area contributed by atoms with Gasteiger partial charge in [0, 0.05) is 12.1 Å². The number of carbonyl (C=O) groups is 1. The molecule has 5 heteroatoms. The first kappa shape index (κ1) is 12.2. The summed E-state index contributed by atoms with van der Waals surface area (Å²) in [4.78, 5) is 14.6. The molecule has 0 aliphatic carbocycles. The lowest BCUT2D eigenvalue weighted by Crippen LogP contribution is -1.98. The summed E-state index contributed by atoms with van der Waals surface area (Å²) in [6, 6.07) is 8.20. The molecule has 1 heterocycles. The van der Waals surface area contributed by atoms with Crippen LogP contribution in [0.2, 0.25) is 0 Å². The third-order valence-corrected chi connectivity index (χ3v) is 2.42. The normalized spacial score (nSPS) is 10.3. The number of carboxylic acid groups (broad SMARTS) is 1. The lowest BCUT2D eigenvalue weighted by atomic mass is 10.2. The summed E-state index contributed by atoms with van der Waals surface area (Å²) in [5.74, 6) is -0.841. The fraction of sp³-hybridized carbons (Fsp3) is 0.231. The molecule has 94 valence electrons. The Labute approximate surface area is 104 Å². The van der Waals surface area contributed by atoms with E-state index in [0.717, 1.165) is 11.3 Å². The Bertz CT molecular complexity index is 549. The Morgan fingerprint density at radius 1 is 1.50 bits per heavy atom. The quantitative estimate of drug-likeness (QED) is 0.848. The summed E-state index contributed by atoms with van der Waals surface area (Å²) >= 11 is 0. The van der Waals surface area contributed by atoms with Crippen molar-refractivity contribution in [1.29, 1.82) is 0 Å². The number of benzene rings is 1. The number of nitrogens with one attached hydrogen (secondary N) is 1. The molecule has 1 aromatic heterocycles. The Morgan fingerprint density at radius 2 is 2.33 bits per heavy atom. The SMILES string of the molecule is Cc1cccc(Nc2nc(CCC(=O)O)co2)c1. The zero-order valence-electron chi connectivity index (χ0n) is 10.0. The number of carboxylic acids is 1. The molecular formula is C13H14N2O3. The first-order valence-electron chi connectivity index (χ1n) is 5.63. The second kappa shape index (κ2) is 5.35. The van der Waals surface area contributed by atoms with Crippen LogP contribution < -0.4 is 5.32 Å². The van der Waals surface area contributed by atoms with E-state index in [0.29, 0.717) is 18.1 Å². The van der Waals surface area contributed by atoms with Crippen molar-refractivity contribution < 1.29 is 14.3 Å². The maximum absolute atomic E-state index is 10.4. The molecule has 0 fully saturated rings. The molecule has 0 aliphatic heterocycles. The topological polar surface area (TPSA) is 75.4 Å². The van der Waals surface area contributed by atoms with Gasteiger partial charge in [0.15, 0.2) is 0 Å². The van der Waals surface area contributed by atoms with Crippen molar-refractivity contribution in [3.05, 3.63) is 41.8 Å². The summed E-state index contributed by atoms with van der Waals surface area (Å²) in [5.41, 5.74) is 2.66. The van der Waals surface area contributed by atoms with Crippen molar-refractivity contribution in [2.75, 3.05) is 5.32 Å². The highest BCUT2D eigenvalue weighted by molar-refractivity contribution is 5.67. The first-order chi connectivity index (χ1) is 8.63. The Morgan fingerprint density at radius 3 is 3.06 bits per heavy atom. The minimum Gasteiger partial charge on any atom is -0.481 e. The highest BCUT2D eigenvalue weighted by atomic mass is 16.4. The Kier molecular flexibility index (Phi) is 3.62. The predicted molar refractivity (Wildman–Crippen MR) is 66.9 cm³/mol. The van der Waals surface area contributed by atoms with Gasteiger partial charge in [-0.25, -0.2) is 0 Å². The second-order valence-corrected chi connectivity index (χ2v) is 4.03. The molecule has 0 amide bonds. The van der Waals surface area contributed by atoms with Gasteiger partial charge in [-0.3, -0.25) is 4.79 Å². The lowest BCUT2D eigenvalue weighted by molar-refractivity contribution is -0.136. The molecular weight excluding hydrogens is 232 g/mol. The molecule has 2 rings (SSSR count). The minimum atomic E-state index is -0.841. The van der Waals surface area contributed by atoms with Gasteiger partial charge >= 0.3 is 5.97 Å². The molecule has 0 aliphatic rings.